The van der Waals surface area contributed by atoms with Crippen molar-refractivity contribution in [1.82, 2.24) is 0 Å². The molecule has 0 N–H and O–H groups in total. The van der Waals surface area contributed by atoms with Crippen molar-refractivity contribution in [3.8, 4) is 44.5 Å². The first-order valence-electron chi connectivity index (χ1n) is 22.0. The molecule has 0 spiro atoms. The van der Waals surface area contributed by atoms with Crippen molar-refractivity contribution >= 4 is 107 Å². The third-order valence-corrected chi connectivity index (χ3v) is 14.7. The van der Waals surface area contributed by atoms with Crippen LogP contribution in [0.4, 0.5) is 0 Å². The molecule has 14 rings (SSSR count). The molecule has 0 unspecified atom stereocenters. The van der Waals surface area contributed by atoms with Crippen LogP contribution >= 0.6 is 11.3 Å². The Morgan fingerprint density at radius 1 is 0.234 bits per heavy atom. The van der Waals surface area contributed by atoms with Crippen molar-refractivity contribution in [1.29, 1.82) is 0 Å². The van der Waals surface area contributed by atoms with E-state index in [4.69, 9.17) is 4.42 Å². The number of benzene rings is 12. The standard InChI is InChI=1S/C62H36OS/c1-2-14-37(15-3-1)59-44-18-6-8-20-46(44)61(47-21-9-7-19-45(47)59)41-28-31-57-54(34-41)43-29-26-42(36-58(43)64-57)62-50-24-12-10-22-48(50)60(49-23-11-13-25-51(49)62)40-27-30-55-52(33-40)53-32-38-16-4-5-17-39(38)35-56(53)63-55/h1-36H. The lowest BCUT2D eigenvalue weighted by atomic mass is 9.85. The Morgan fingerprint density at radius 3 is 1.22 bits per heavy atom. The molecular formula is C62H36OS. The van der Waals surface area contributed by atoms with Crippen molar-refractivity contribution in [2.75, 3.05) is 0 Å². The molecule has 0 saturated heterocycles. The van der Waals surface area contributed by atoms with Gasteiger partial charge in [0.05, 0.1) is 0 Å². The molecule has 0 amide bonds. The van der Waals surface area contributed by atoms with E-state index in [1.165, 1.54) is 119 Å². The predicted molar refractivity (Wildman–Crippen MR) is 276 cm³/mol. The summed E-state index contributed by atoms with van der Waals surface area (Å²) in [5.74, 6) is 0. The van der Waals surface area contributed by atoms with Gasteiger partial charge in [-0.15, -0.1) is 11.3 Å². The maximum atomic E-state index is 6.44. The number of hydrogen-bond donors (Lipinski definition) is 0. The fourth-order valence-electron chi connectivity index (χ4n) is 10.8. The van der Waals surface area contributed by atoms with Crippen molar-refractivity contribution < 1.29 is 4.42 Å². The molecule has 0 saturated carbocycles. The van der Waals surface area contributed by atoms with Gasteiger partial charge in [0.1, 0.15) is 11.2 Å². The molecule has 0 bridgehead atoms. The van der Waals surface area contributed by atoms with E-state index in [0.717, 1.165) is 21.9 Å². The molecular weight excluding hydrogens is 793 g/mol. The van der Waals surface area contributed by atoms with Crippen molar-refractivity contribution in [3.05, 3.63) is 218 Å². The van der Waals surface area contributed by atoms with Crippen molar-refractivity contribution in [3.63, 3.8) is 0 Å². The van der Waals surface area contributed by atoms with E-state index < -0.39 is 0 Å². The van der Waals surface area contributed by atoms with Crippen LogP contribution < -0.4 is 0 Å². The van der Waals surface area contributed by atoms with Gasteiger partial charge in [-0.2, -0.15) is 0 Å². The van der Waals surface area contributed by atoms with Gasteiger partial charge in [-0.05, 0) is 141 Å². The van der Waals surface area contributed by atoms with E-state index in [-0.39, 0.29) is 0 Å². The zero-order chi connectivity index (χ0) is 41.9. The Bertz CT molecular complexity index is 4130. The Hall–Kier alpha value is -8.04. The lowest BCUT2D eigenvalue weighted by Crippen LogP contribution is -1.91. The molecule has 0 aliphatic carbocycles. The molecule has 0 fully saturated rings. The molecule has 0 aliphatic rings. The minimum atomic E-state index is 0.908. The largest absolute Gasteiger partial charge is 0.456 e. The number of furan rings is 1. The fraction of sp³-hybridized carbons (Fsp3) is 0. The van der Waals surface area contributed by atoms with E-state index in [2.05, 4.69) is 218 Å². The highest BCUT2D eigenvalue weighted by atomic mass is 32.1. The van der Waals surface area contributed by atoms with Crippen LogP contribution in [0, 0.1) is 0 Å². The van der Waals surface area contributed by atoms with Crippen LogP contribution in [0.1, 0.15) is 0 Å². The summed E-state index contributed by atoms with van der Waals surface area (Å²) in [7, 11) is 0. The maximum absolute atomic E-state index is 6.44. The van der Waals surface area contributed by atoms with Crippen LogP contribution in [0.15, 0.2) is 223 Å². The summed E-state index contributed by atoms with van der Waals surface area (Å²) in [5, 5.41) is 17.4. The van der Waals surface area contributed by atoms with Gasteiger partial charge in [-0.25, -0.2) is 0 Å². The first-order valence-corrected chi connectivity index (χ1v) is 22.8. The highest BCUT2D eigenvalue weighted by Gasteiger charge is 2.21. The monoisotopic (exact) mass is 828 g/mol. The van der Waals surface area contributed by atoms with Crippen LogP contribution in [-0.2, 0) is 0 Å². The lowest BCUT2D eigenvalue weighted by Gasteiger charge is -2.18. The van der Waals surface area contributed by atoms with Gasteiger partial charge >= 0.3 is 0 Å². The summed E-state index contributed by atoms with van der Waals surface area (Å²) < 4.78 is 9.03. The minimum Gasteiger partial charge on any atom is -0.456 e. The summed E-state index contributed by atoms with van der Waals surface area (Å²) in [6.45, 7) is 0. The van der Waals surface area contributed by atoms with E-state index in [9.17, 15) is 0 Å². The highest BCUT2D eigenvalue weighted by molar-refractivity contribution is 7.25. The maximum Gasteiger partial charge on any atom is 0.136 e. The van der Waals surface area contributed by atoms with Crippen molar-refractivity contribution in [2.24, 2.45) is 0 Å². The molecule has 0 aliphatic heterocycles. The zero-order valence-corrected chi connectivity index (χ0v) is 35.4. The molecule has 12 aromatic carbocycles. The second-order valence-corrected chi connectivity index (χ2v) is 18.2. The quantitative estimate of drug-likeness (QED) is 0.161. The van der Waals surface area contributed by atoms with Gasteiger partial charge in [-0.3, -0.25) is 0 Å². The van der Waals surface area contributed by atoms with E-state index in [1.807, 2.05) is 11.3 Å². The summed E-state index contributed by atoms with van der Waals surface area (Å²) >= 11 is 1.89. The van der Waals surface area contributed by atoms with Crippen LogP contribution in [0.25, 0.3) is 140 Å². The van der Waals surface area contributed by atoms with Gasteiger partial charge in [0.2, 0.25) is 0 Å². The fourth-order valence-corrected chi connectivity index (χ4v) is 11.9. The lowest BCUT2D eigenvalue weighted by molar-refractivity contribution is 0.669. The molecule has 2 heteroatoms. The van der Waals surface area contributed by atoms with Crippen LogP contribution in [0.5, 0.6) is 0 Å². The van der Waals surface area contributed by atoms with Gasteiger partial charge in [-0.1, -0.05) is 176 Å². The molecule has 296 valence electrons. The van der Waals surface area contributed by atoms with E-state index in [0.29, 0.717) is 0 Å². The third-order valence-electron chi connectivity index (χ3n) is 13.6. The molecule has 14 aromatic rings. The Balaban J connectivity index is 0.943. The normalized spacial score (nSPS) is 12.1. The van der Waals surface area contributed by atoms with Gasteiger partial charge in [0, 0.05) is 30.9 Å². The SMILES string of the molecule is c1ccc(-c2c3ccccc3c(-c3ccc4sc5cc(-c6c7ccccc7c(-c7ccc8oc9cc%10ccccc%10cc9c8c7)c7ccccc67)ccc5c4c3)c3ccccc23)cc1. The summed E-state index contributed by atoms with van der Waals surface area (Å²) in [4.78, 5) is 0. The van der Waals surface area contributed by atoms with E-state index in [1.54, 1.807) is 0 Å². The molecule has 1 nitrogen and oxygen atoms in total. The average Bonchev–Trinajstić information content (AvgIpc) is 3.90. The summed E-state index contributed by atoms with van der Waals surface area (Å²) in [6.07, 6.45) is 0. The Kier molecular flexibility index (Phi) is 7.63. The highest BCUT2D eigenvalue weighted by Crippen LogP contribution is 2.48. The first kappa shape index (κ1) is 35.5. The molecule has 64 heavy (non-hydrogen) atoms. The van der Waals surface area contributed by atoms with Crippen LogP contribution in [0.2, 0.25) is 0 Å². The van der Waals surface area contributed by atoms with E-state index >= 15 is 0 Å². The van der Waals surface area contributed by atoms with Gasteiger partial charge in [0.15, 0.2) is 0 Å². The zero-order valence-electron chi connectivity index (χ0n) is 34.6. The van der Waals surface area contributed by atoms with Gasteiger partial charge in [0.25, 0.3) is 0 Å². The first-order chi connectivity index (χ1) is 31.7. The minimum absolute atomic E-state index is 0.908. The van der Waals surface area contributed by atoms with Crippen LogP contribution in [0.3, 0.4) is 0 Å². The molecule has 0 radical (unpaired) electrons. The van der Waals surface area contributed by atoms with Crippen LogP contribution in [-0.4, -0.2) is 0 Å². The van der Waals surface area contributed by atoms with Crippen molar-refractivity contribution in [2.45, 2.75) is 0 Å². The number of fused-ring (bicyclic) bond motifs is 11. The van der Waals surface area contributed by atoms with Gasteiger partial charge < -0.3 is 4.42 Å². The molecule has 2 aromatic heterocycles. The molecule has 2 heterocycles. The Labute approximate surface area is 372 Å². The topological polar surface area (TPSA) is 13.1 Å². The smallest absolute Gasteiger partial charge is 0.136 e. The second-order valence-electron chi connectivity index (χ2n) is 17.1. The average molecular weight is 829 g/mol. The predicted octanol–water partition coefficient (Wildman–Crippen LogP) is 18.4. The summed E-state index contributed by atoms with van der Waals surface area (Å²) in [5.41, 5.74) is 11.8. The summed E-state index contributed by atoms with van der Waals surface area (Å²) in [6, 6.07) is 80.6. The number of thiophene rings is 1. The number of rotatable bonds is 4. The Morgan fingerprint density at radius 2 is 0.656 bits per heavy atom. The molecule has 0 atom stereocenters. The second kappa shape index (κ2) is 13.7. The number of hydrogen-bond acceptors (Lipinski definition) is 2. The third kappa shape index (κ3) is 5.24.